The second kappa shape index (κ2) is 11.4. The number of hydrogen-bond acceptors (Lipinski definition) is 7. The first kappa shape index (κ1) is 25.6. The minimum Gasteiger partial charge on any atom is -0.490 e. The molecule has 10 heteroatoms. The zero-order chi connectivity index (χ0) is 24.8. The lowest BCUT2D eigenvalue weighted by Gasteiger charge is -2.19. The second-order valence-electron chi connectivity index (χ2n) is 7.16. The van der Waals surface area contributed by atoms with Crippen molar-refractivity contribution in [3.05, 3.63) is 63.3 Å². The molecule has 1 aliphatic heterocycles. The summed E-state index contributed by atoms with van der Waals surface area (Å²) in [7, 11) is 0. The Morgan fingerprint density at radius 2 is 1.94 bits per heavy atom. The quantitative estimate of drug-likeness (QED) is 0.330. The minimum absolute atomic E-state index is 0.0710. The average Bonchev–Trinajstić information content (AvgIpc) is 3.05. The first-order valence-corrected chi connectivity index (χ1v) is 11.7. The number of nitrogens with zero attached hydrogens (tertiary/aromatic N) is 1. The van der Waals surface area contributed by atoms with E-state index in [4.69, 9.17) is 25.8 Å². The van der Waals surface area contributed by atoms with Crippen LogP contribution in [0.15, 0.2) is 41.3 Å². The number of esters is 1. The van der Waals surface area contributed by atoms with Crippen molar-refractivity contribution >= 4 is 46.6 Å². The van der Waals surface area contributed by atoms with Gasteiger partial charge in [-0.25, -0.2) is 9.18 Å². The summed E-state index contributed by atoms with van der Waals surface area (Å²) < 4.78 is 29.8. The molecule has 1 heterocycles. The molecular weight excluding hydrogens is 485 g/mol. The predicted octanol–water partition coefficient (Wildman–Crippen LogP) is 5.44. The van der Waals surface area contributed by atoms with Gasteiger partial charge in [-0.15, -0.1) is 0 Å². The van der Waals surface area contributed by atoms with Crippen molar-refractivity contribution in [1.82, 2.24) is 4.90 Å². The van der Waals surface area contributed by atoms with E-state index in [0.29, 0.717) is 23.5 Å². The largest absolute Gasteiger partial charge is 0.490 e. The van der Waals surface area contributed by atoms with Crippen LogP contribution in [-0.2, 0) is 20.9 Å². The highest BCUT2D eigenvalue weighted by molar-refractivity contribution is 8.18. The fraction of sp³-hybridized carbons (Fsp3) is 0.292. The van der Waals surface area contributed by atoms with Crippen LogP contribution in [0.2, 0.25) is 5.02 Å². The van der Waals surface area contributed by atoms with Gasteiger partial charge >= 0.3 is 5.97 Å². The SMILES string of the molecule is CCOC(=O)[C@@H](C)N1C(=O)S/C(=C/c2cc(Cl)c(OCc3cccc(F)c3)c(OCC)c2)C1=O. The van der Waals surface area contributed by atoms with E-state index < -0.39 is 23.2 Å². The third kappa shape index (κ3) is 5.90. The lowest BCUT2D eigenvalue weighted by Crippen LogP contribution is -2.42. The Balaban J connectivity index is 1.85. The lowest BCUT2D eigenvalue weighted by molar-refractivity contribution is -0.150. The summed E-state index contributed by atoms with van der Waals surface area (Å²) in [5.74, 6) is -1.03. The topological polar surface area (TPSA) is 82.1 Å². The highest BCUT2D eigenvalue weighted by Crippen LogP contribution is 2.40. The van der Waals surface area contributed by atoms with Crippen LogP contribution in [0.4, 0.5) is 9.18 Å². The molecule has 0 radical (unpaired) electrons. The summed E-state index contributed by atoms with van der Waals surface area (Å²) in [5, 5.41) is -0.351. The molecule has 0 saturated carbocycles. The van der Waals surface area contributed by atoms with Crippen molar-refractivity contribution in [3.8, 4) is 11.5 Å². The van der Waals surface area contributed by atoms with Gasteiger partial charge in [0.15, 0.2) is 11.5 Å². The summed E-state index contributed by atoms with van der Waals surface area (Å²) in [4.78, 5) is 38.2. The van der Waals surface area contributed by atoms with E-state index in [1.165, 1.54) is 25.1 Å². The van der Waals surface area contributed by atoms with Crippen LogP contribution in [0.5, 0.6) is 11.5 Å². The smallest absolute Gasteiger partial charge is 0.329 e. The van der Waals surface area contributed by atoms with Gasteiger partial charge in [-0.2, -0.15) is 0 Å². The molecule has 7 nitrogen and oxygen atoms in total. The van der Waals surface area contributed by atoms with Crippen molar-refractivity contribution in [2.45, 2.75) is 33.4 Å². The fourth-order valence-electron chi connectivity index (χ4n) is 3.19. The Bertz CT molecular complexity index is 1140. The molecule has 1 atom stereocenters. The van der Waals surface area contributed by atoms with Crippen molar-refractivity contribution in [2.24, 2.45) is 0 Å². The minimum atomic E-state index is -1.04. The van der Waals surface area contributed by atoms with E-state index >= 15 is 0 Å². The Morgan fingerprint density at radius 3 is 2.62 bits per heavy atom. The van der Waals surface area contributed by atoms with E-state index in [9.17, 15) is 18.8 Å². The van der Waals surface area contributed by atoms with Gasteiger partial charge in [0.05, 0.1) is 23.1 Å². The molecule has 0 bridgehead atoms. The van der Waals surface area contributed by atoms with Gasteiger partial charge in [-0.1, -0.05) is 23.7 Å². The Morgan fingerprint density at radius 1 is 1.18 bits per heavy atom. The van der Waals surface area contributed by atoms with E-state index in [-0.39, 0.29) is 34.7 Å². The third-order valence-corrected chi connectivity index (χ3v) is 5.90. The fourth-order valence-corrected chi connectivity index (χ4v) is 4.37. The number of imide groups is 1. The van der Waals surface area contributed by atoms with Gasteiger partial charge in [0.1, 0.15) is 18.5 Å². The molecule has 180 valence electrons. The van der Waals surface area contributed by atoms with Crippen molar-refractivity contribution < 1.29 is 33.0 Å². The van der Waals surface area contributed by atoms with Gasteiger partial charge in [-0.3, -0.25) is 14.5 Å². The van der Waals surface area contributed by atoms with Crippen LogP contribution in [0, 0.1) is 5.82 Å². The van der Waals surface area contributed by atoms with Gasteiger partial charge < -0.3 is 14.2 Å². The second-order valence-corrected chi connectivity index (χ2v) is 8.56. The number of thioether (sulfide) groups is 1. The van der Waals surface area contributed by atoms with Crippen molar-refractivity contribution in [2.75, 3.05) is 13.2 Å². The monoisotopic (exact) mass is 507 g/mol. The third-order valence-electron chi connectivity index (χ3n) is 4.74. The van der Waals surface area contributed by atoms with E-state index in [1.807, 2.05) is 0 Å². The maximum Gasteiger partial charge on any atom is 0.329 e. The van der Waals surface area contributed by atoms with Crippen LogP contribution < -0.4 is 9.47 Å². The number of halogens is 2. The van der Waals surface area contributed by atoms with Crippen molar-refractivity contribution in [3.63, 3.8) is 0 Å². The lowest BCUT2D eigenvalue weighted by atomic mass is 10.1. The molecule has 2 aromatic rings. The average molecular weight is 508 g/mol. The summed E-state index contributed by atoms with van der Waals surface area (Å²) in [6.45, 7) is 5.40. The van der Waals surface area contributed by atoms with Gasteiger partial charge in [0, 0.05) is 0 Å². The zero-order valence-corrected chi connectivity index (χ0v) is 20.4. The highest BCUT2D eigenvalue weighted by atomic mass is 35.5. The molecular formula is C24H23ClFNO6S. The van der Waals surface area contributed by atoms with Crippen LogP contribution >= 0.6 is 23.4 Å². The van der Waals surface area contributed by atoms with Crippen LogP contribution in [-0.4, -0.2) is 41.3 Å². The molecule has 0 aromatic heterocycles. The Kier molecular flexibility index (Phi) is 8.57. The first-order chi connectivity index (χ1) is 16.2. The van der Waals surface area contributed by atoms with Crippen LogP contribution in [0.3, 0.4) is 0 Å². The van der Waals surface area contributed by atoms with Gasteiger partial charge in [0.25, 0.3) is 11.1 Å². The van der Waals surface area contributed by atoms with Gasteiger partial charge in [-0.05, 0) is 74.0 Å². The molecule has 1 fully saturated rings. The summed E-state index contributed by atoms with van der Waals surface area (Å²) in [6.07, 6.45) is 1.49. The number of benzene rings is 2. The molecule has 0 spiro atoms. The molecule has 1 saturated heterocycles. The molecule has 0 N–H and O–H groups in total. The number of ether oxygens (including phenoxy) is 3. The number of carbonyl (C=O) groups excluding carboxylic acids is 3. The predicted molar refractivity (Wildman–Crippen MR) is 127 cm³/mol. The van der Waals surface area contributed by atoms with E-state index in [0.717, 1.165) is 16.7 Å². The zero-order valence-electron chi connectivity index (χ0n) is 18.8. The number of hydrogen-bond donors (Lipinski definition) is 0. The standard InChI is InChI=1S/C24H23ClFNO6S/c1-4-31-19-11-16(10-18(25)21(19)33-13-15-7-6-8-17(26)9-15)12-20-22(28)27(24(30)34-20)14(3)23(29)32-5-2/h6-12,14H,4-5,13H2,1-3H3/b20-12+/t14-/m1/s1. The molecule has 2 amide bonds. The highest BCUT2D eigenvalue weighted by Gasteiger charge is 2.41. The van der Waals surface area contributed by atoms with Crippen LogP contribution in [0.1, 0.15) is 31.9 Å². The summed E-state index contributed by atoms with van der Waals surface area (Å²) >= 11 is 7.15. The molecule has 1 aliphatic rings. The van der Waals surface area contributed by atoms with Gasteiger partial charge in [0.2, 0.25) is 0 Å². The molecule has 34 heavy (non-hydrogen) atoms. The molecule has 2 aromatic carbocycles. The number of amides is 2. The maximum absolute atomic E-state index is 13.4. The number of carbonyl (C=O) groups is 3. The molecule has 0 aliphatic carbocycles. The van der Waals surface area contributed by atoms with Crippen LogP contribution in [0.25, 0.3) is 6.08 Å². The summed E-state index contributed by atoms with van der Waals surface area (Å²) in [5.41, 5.74) is 1.12. The molecule has 3 rings (SSSR count). The molecule has 0 unspecified atom stereocenters. The normalized spacial score (nSPS) is 15.6. The Hall–Kier alpha value is -3.04. The Labute approximate surface area is 205 Å². The summed E-state index contributed by atoms with van der Waals surface area (Å²) in [6, 6.07) is 8.14. The maximum atomic E-state index is 13.4. The number of rotatable bonds is 9. The van der Waals surface area contributed by atoms with E-state index in [1.54, 1.807) is 38.1 Å². The van der Waals surface area contributed by atoms with E-state index in [2.05, 4.69) is 0 Å². The first-order valence-electron chi connectivity index (χ1n) is 10.5. The van der Waals surface area contributed by atoms with Crippen molar-refractivity contribution in [1.29, 1.82) is 0 Å².